The fourth-order valence-corrected chi connectivity index (χ4v) is 1.10. The number of carbonyl (C=O) groups is 1. The first-order valence-corrected chi connectivity index (χ1v) is 3.96. The van der Waals surface area contributed by atoms with Gasteiger partial charge in [0.15, 0.2) is 0 Å². The molecule has 0 spiro atoms. The van der Waals surface area contributed by atoms with Gasteiger partial charge in [-0.05, 0) is 18.6 Å². The van der Waals surface area contributed by atoms with E-state index in [2.05, 4.69) is 12.7 Å². The molecule has 0 bridgehead atoms. The molecule has 1 rings (SSSR count). The maximum Gasteiger partial charge on any atom is 0.149 e. The van der Waals surface area contributed by atoms with Crippen molar-refractivity contribution in [2.24, 2.45) is 0 Å². The van der Waals surface area contributed by atoms with Gasteiger partial charge in [0.25, 0.3) is 0 Å². The number of carbonyl (C=O) groups excluding carboxylic acids is 1. The molecule has 0 aromatic carbocycles. The standard InChI is InChI=1S/C10H13NO/c1-3-10-4-6-11(7-5-10)8-9(2)12/h3-6H,1,7-8H2,2H3. The number of rotatable bonds is 3. The van der Waals surface area contributed by atoms with E-state index in [0.29, 0.717) is 6.54 Å². The molecule has 1 heterocycles. The molecule has 0 N–H and O–H groups in total. The number of hydrogen-bond donors (Lipinski definition) is 0. The summed E-state index contributed by atoms with van der Waals surface area (Å²) >= 11 is 0. The average molecular weight is 163 g/mol. The van der Waals surface area contributed by atoms with E-state index in [0.717, 1.165) is 12.1 Å². The Bertz CT molecular complexity index is 251. The van der Waals surface area contributed by atoms with Crippen molar-refractivity contribution in [2.45, 2.75) is 6.92 Å². The summed E-state index contributed by atoms with van der Waals surface area (Å²) in [4.78, 5) is 12.7. The third-order valence-corrected chi connectivity index (χ3v) is 1.70. The smallest absolute Gasteiger partial charge is 0.149 e. The van der Waals surface area contributed by atoms with Crippen molar-refractivity contribution in [3.8, 4) is 0 Å². The van der Waals surface area contributed by atoms with E-state index in [1.165, 1.54) is 0 Å². The Morgan fingerprint density at radius 3 is 3.00 bits per heavy atom. The van der Waals surface area contributed by atoms with Gasteiger partial charge in [0.1, 0.15) is 5.78 Å². The summed E-state index contributed by atoms with van der Waals surface area (Å²) < 4.78 is 0. The van der Waals surface area contributed by atoms with Crippen LogP contribution in [0, 0.1) is 0 Å². The van der Waals surface area contributed by atoms with Crippen molar-refractivity contribution in [3.63, 3.8) is 0 Å². The van der Waals surface area contributed by atoms with Crippen LogP contribution in [0.5, 0.6) is 0 Å². The van der Waals surface area contributed by atoms with Gasteiger partial charge in [0.05, 0.1) is 6.54 Å². The number of Topliss-reactive ketones (excluding diaryl/α,β-unsaturated/α-hetero) is 1. The van der Waals surface area contributed by atoms with Gasteiger partial charge >= 0.3 is 0 Å². The van der Waals surface area contributed by atoms with Crippen LogP contribution in [0.15, 0.2) is 36.6 Å². The van der Waals surface area contributed by atoms with Crippen molar-refractivity contribution in [2.75, 3.05) is 13.1 Å². The van der Waals surface area contributed by atoms with Crippen molar-refractivity contribution < 1.29 is 4.79 Å². The Morgan fingerprint density at radius 2 is 2.58 bits per heavy atom. The van der Waals surface area contributed by atoms with Crippen LogP contribution in [0.4, 0.5) is 0 Å². The molecule has 1 aliphatic heterocycles. The first kappa shape index (κ1) is 8.78. The summed E-state index contributed by atoms with van der Waals surface area (Å²) in [5.41, 5.74) is 1.12. The molecule has 0 saturated carbocycles. The minimum atomic E-state index is 0.190. The van der Waals surface area contributed by atoms with Gasteiger partial charge in [-0.2, -0.15) is 0 Å². The second-order valence-electron chi connectivity index (χ2n) is 2.86. The molecule has 0 aromatic heterocycles. The van der Waals surface area contributed by atoms with E-state index < -0.39 is 0 Å². The zero-order valence-corrected chi connectivity index (χ0v) is 7.29. The van der Waals surface area contributed by atoms with Crippen LogP contribution in [0.25, 0.3) is 0 Å². The molecule has 12 heavy (non-hydrogen) atoms. The highest BCUT2D eigenvalue weighted by molar-refractivity contribution is 5.77. The Balaban J connectivity index is 2.48. The molecule has 0 aliphatic carbocycles. The predicted molar refractivity (Wildman–Crippen MR) is 49.7 cm³/mol. The summed E-state index contributed by atoms with van der Waals surface area (Å²) in [7, 11) is 0. The topological polar surface area (TPSA) is 20.3 Å². The summed E-state index contributed by atoms with van der Waals surface area (Å²) in [6.45, 7) is 6.56. The molecule has 0 aromatic rings. The van der Waals surface area contributed by atoms with Crippen molar-refractivity contribution >= 4 is 5.78 Å². The lowest BCUT2D eigenvalue weighted by Crippen LogP contribution is -2.25. The lowest BCUT2D eigenvalue weighted by molar-refractivity contribution is -0.117. The van der Waals surface area contributed by atoms with Gasteiger partial charge in [-0.25, -0.2) is 0 Å². The van der Waals surface area contributed by atoms with Gasteiger partial charge in [-0.15, -0.1) is 0 Å². The van der Waals surface area contributed by atoms with Crippen LogP contribution in [-0.2, 0) is 4.79 Å². The first-order chi connectivity index (χ1) is 5.72. The highest BCUT2D eigenvalue weighted by Crippen LogP contribution is 2.06. The Hall–Kier alpha value is -1.31. The van der Waals surface area contributed by atoms with Gasteiger partial charge in [-0.1, -0.05) is 18.7 Å². The third-order valence-electron chi connectivity index (χ3n) is 1.70. The minimum Gasteiger partial charge on any atom is -0.366 e. The van der Waals surface area contributed by atoms with Crippen molar-refractivity contribution in [1.29, 1.82) is 0 Å². The fourth-order valence-electron chi connectivity index (χ4n) is 1.10. The van der Waals surface area contributed by atoms with E-state index in [1.807, 2.05) is 23.3 Å². The molecule has 0 unspecified atom stereocenters. The van der Waals surface area contributed by atoms with E-state index in [4.69, 9.17) is 0 Å². The monoisotopic (exact) mass is 163 g/mol. The lowest BCUT2D eigenvalue weighted by Gasteiger charge is -2.20. The first-order valence-electron chi connectivity index (χ1n) is 3.96. The molecule has 0 amide bonds. The van der Waals surface area contributed by atoms with Gasteiger partial charge in [-0.3, -0.25) is 4.79 Å². The number of hydrogen-bond acceptors (Lipinski definition) is 2. The van der Waals surface area contributed by atoms with Crippen LogP contribution in [0.2, 0.25) is 0 Å². The van der Waals surface area contributed by atoms with E-state index in [1.54, 1.807) is 6.92 Å². The van der Waals surface area contributed by atoms with Crippen LogP contribution < -0.4 is 0 Å². The van der Waals surface area contributed by atoms with Gasteiger partial charge in [0, 0.05) is 12.7 Å². The molecule has 0 radical (unpaired) electrons. The number of ketones is 1. The van der Waals surface area contributed by atoms with Crippen LogP contribution in [-0.4, -0.2) is 23.8 Å². The summed E-state index contributed by atoms with van der Waals surface area (Å²) in [5.74, 6) is 0.190. The van der Waals surface area contributed by atoms with Gasteiger partial charge < -0.3 is 4.90 Å². The molecule has 2 nitrogen and oxygen atoms in total. The minimum absolute atomic E-state index is 0.190. The lowest BCUT2D eigenvalue weighted by atomic mass is 10.2. The number of allylic oxidation sites excluding steroid dienone is 3. The van der Waals surface area contributed by atoms with Crippen molar-refractivity contribution in [3.05, 3.63) is 36.6 Å². The van der Waals surface area contributed by atoms with E-state index >= 15 is 0 Å². The summed E-state index contributed by atoms with van der Waals surface area (Å²) in [5, 5.41) is 0. The third kappa shape index (κ3) is 2.38. The fraction of sp³-hybridized carbons (Fsp3) is 0.300. The highest BCUT2D eigenvalue weighted by Gasteiger charge is 2.04. The summed E-state index contributed by atoms with van der Waals surface area (Å²) in [6, 6.07) is 0. The Labute approximate surface area is 72.9 Å². The molecule has 2 heteroatoms. The second-order valence-corrected chi connectivity index (χ2v) is 2.86. The molecule has 0 fully saturated rings. The molecule has 0 atom stereocenters. The number of nitrogens with zero attached hydrogens (tertiary/aromatic N) is 1. The SMILES string of the molecule is C=CC1=CCN(CC(C)=O)C=C1. The molecule has 1 aliphatic rings. The van der Waals surface area contributed by atoms with E-state index in [9.17, 15) is 4.79 Å². The van der Waals surface area contributed by atoms with Gasteiger partial charge in [0.2, 0.25) is 0 Å². The normalized spacial score (nSPS) is 15.8. The predicted octanol–water partition coefficient (Wildman–Crippen LogP) is 1.52. The van der Waals surface area contributed by atoms with E-state index in [-0.39, 0.29) is 5.78 Å². The average Bonchev–Trinajstić information content (AvgIpc) is 2.05. The highest BCUT2D eigenvalue weighted by atomic mass is 16.1. The zero-order valence-electron chi connectivity index (χ0n) is 7.29. The molecule has 0 saturated heterocycles. The maximum atomic E-state index is 10.7. The Morgan fingerprint density at radius 1 is 1.83 bits per heavy atom. The van der Waals surface area contributed by atoms with Crippen LogP contribution in [0.1, 0.15) is 6.92 Å². The maximum absolute atomic E-state index is 10.7. The Kier molecular flexibility index (Phi) is 2.86. The molecular formula is C10H13NO. The molecule has 64 valence electrons. The quantitative estimate of drug-likeness (QED) is 0.628. The zero-order chi connectivity index (χ0) is 8.97. The summed E-state index contributed by atoms with van der Waals surface area (Å²) in [6.07, 6.45) is 7.75. The molecular weight excluding hydrogens is 150 g/mol. The largest absolute Gasteiger partial charge is 0.366 e. The van der Waals surface area contributed by atoms with Crippen LogP contribution >= 0.6 is 0 Å². The second kappa shape index (κ2) is 3.90. The van der Waals surface area contributed by atoms with Crippen LogP contribution in [0.3, 0.4) is 0 Å². The van der Waals surface area contributed by atoms with Crippen molar-refractivity contribution in [1.82, 2.24) is 4.90 Å².